The Labute approximate surface area is 131 Å². The minimum absolute atomic E-state index is 0.166. The molecule has 3 rings (SSSR count). The normalized spacial score (nSPS) is 13.9. The molecule has 0 unspecified atom stereocenters. The summed E-state index contributed by atoms with van der Waals surface area (Å²) in [5.41, 5.74) is 0. The molecule has 2 heterocycles. The molecule has 1 aliphatic heterocycles. The van der Waals surface area contributed by atoms with Crippen molar-refractivity contribution in [3.63, 3.8) is 0 Å². The zero-order chi connectivity index (χ0) is 16.2. The molecule has 0 aliphatic carbocycles. The van der Waals surface area contributed by atoms with Crippen LogP contribution in [-0.2, 0) is 0 Å². The third-order valence-corrected chi connectivity index (χ3v) is 3.49. The first kappa shape index (κ1) is 15.2. The molecule has 0 radical (unpaired) electrons. The molecule has 1 aromatic carbocycles. The molecule has 120 valence electrons. The van der Waals surface area contributed by atoms with Gasteiger partial charge in [-0.15, -0.1) is 0 Å². The maximum Gasteiger partial charge on any atom is 0.323 e. The monoisotopic (exact) mass is 319 g/mol. The van der Waals surface area contributed by atoms with Crippen LogP contribution in [-0.4, -0.2) is 29.0 Å². The van der Waals surface area contributed by atoms with Crippen molar-refractivity contribution in [1.82, 2.24) is 9.88 Å². The lowest BCUT2D eigenvalue weighted by Crippen LogP contribution is -2.32. The molecule has 23 heavy (non-hydrogen) atoms. The molecule has 1 aromatic heterocycles. The Kier molecular flexibility index (Phi) is 4.36. The van der Waals surface area contributed by atoms with Crippen LogP contribution in [0.3, 0.4) is 0 Å². The van der Waals surface area contributed by atoms with Crippen LogP contribution in [0.15, 0.2) is 36.5 Å². The Bertz CT molecular complexity index is 701. The van der Waals surface area contributed by atoms with E-state index in [2.05, 4.69) is 10.3 Å². The predicted molar refractivity (Wildman–Crippen MR) is 80.5 cm³/mol. The Morgan fingerprint density at radius 2 is 1.83 bits per heavy atom. The molecule has 0 atom stereocenters. The molecule has 2 aromatic rings. The van der Waals surface area contributed by atoms with Gasteiger partial charge in [0.05, 0.1) is 6.20 Å². The fraction of sp³-hybridized carbons (Fsp3) is 0.250. The number of urea groups is 1. The summed E-state index contributed by atoms with van der Waals surface area (Å²) in [6, 6.07) is 6.27. The molecule has 1 saturated heterocycles. The average molecular weight is 319 g/mol. The fourth-order valence-electron chi connectivity index (χ4n) is 2.30. The number of rotatable bonds is 3. The maximum atomic E-state index is 13.1. The first-order valence-corrected chi connectivity index (χ1v) is 7.27. The van der Waals surface area contributed by atoms with Crippen LogP contribution in [0.5, 0.6) is 11.5 Å². The van der Waals surface area contributed by atoms with Crippen LogP contribution >= 0.6 is 0 Å². The number of hydrogen-bond acceptors (Lipinski definition) is 3. The molecule has 0 bridgehead atoms. The summed E-state index contributed by atoms with van der Waals surface area (Å²) in [6.07, 6.45) is 3.44. The number of carbonyl (C=O) groups is 1. The third kappa shape index (κ3) is 3.74. The van der Waals surface area contributed by atoms with E-state index in [1.165, 1.54) is 12.3 Å². The first-order valence-electron chi connectivity index (χ1n) is 7.27. The van der Waals surface area contributed by atoms with E-state index in [-0.39, 0.29) is 11.8 Å². The first-order chi connectivity index (χ1) is 11.1. The Morgan fingerprint density at radius 1 is 1.09 bits per heavy atom. The third-order valence-electron chi connectivity index (χ3n) is 3.49. The van der Waals surface area contributed by atoms with Crippen LogP contribution in [0.25, 0.3) is 0 Å². The summed E-state index contributed by atoms with van der Waals surface area (Å²) < 4.78 is 31.3. The number of anilines is 1. The lowest BCUT2D eigenvalue weighted by atomic mass is 10.3. The highest BCUT2D eigenvalue weighted by Crippen LogP contribution is 2.23. The van der Waals surface area contributed by atoms with E-state index < -0.39 is 11.6 Å². The number of hydrogen-bond donors (Lipinski definition) is 1. The number of pyridine rings is 1. The number of carbonyl (C=O) groups excluding carboxylic acids is 1. The van der Waals surface area contributed by atoms with Crippen molar-refractivity contribution in [1.29, 1.82) is 0 Å². The number of likely N-dealkylation sites (tertiary alicyclic amines) is 1. The van der Waals surface area contributed by atoms with E-state index in [4.69, 9.17) is 4.74 Å². The second-order valence-electron chi connectivity index (χ2n) is 5.18. The number of aromatic nitrogens is 1. The van der Waals surface area contributed by atoms with Crippen molar-refractivity contribution in [3.05, 3.63) is 48.2 Å². The number of benzene rings is 1. The van der Waals surface area contributed by atoms with E-state index in [1.807, 2.05) is 0 Å². The van der Waals surface area contributed by atoms with E-state index in [9.17, 15) is 13.6 Å². The van der Waals surface area contributed by atoms with Crippen LogP contribution in [0.2, 0.25) is 0 Å². The van der Waals surface area contributed by atoms with Gasteiger partial charge in [0, 0.05) is 19.2 Å². The Morgan fingerprint density at radius 3 is 2.48 bits per heavy atom. The number of amides is 2. The topological polar surface area (TPSA) is 54.5 Å². The molecule has 1 fully saturated rings. The molecule has 0 spiro atoms. The zero-order valence-corrected chi connectivity index (χ0v) is 12.3. The van der Waals surface area contributed by atoms with E-state index in [0.29, 0.717) is 11.6 Å². The fourth-order valence-corrected chi connectivity index (χ4v) is 2.30. The minimum atomic E-state index is -0.982. The average Bonchev–Trinajstić information content (AvgIpc) is 3.07. The molecule has 1 N–H and O–H groups in total. The van der Waals surface area contributed by atoms with Crippen molar-refractivity contribution in [3.8, 4) is 11.5 Å². The largest absolute Gasteiger partial charge is 0.456 e. The van der Waals surface area contributed by atoms with E-state index >= 15 is 0 Å². The highest BCUT2D eigenvalue weighted by Gasteiger charge is 2.18. The summed E-state index contributed by atoms with van der Waals surface area (Å²) in [5.74, 6) is -0.991. The maximum absolute atomic E-state index is 13.1. The smallest absolute Gasteiger partial charge is 0.323 e. The summed E-state index contributed by atoms with van der Waals surface area (Å²) in [6.45, 7) is 1.51. The number of nitrogens with zero attached hydrogens (tertiary/aromatic N) is 2. The van der Waals surface area contributed by atoms with Crippen LogP contribution in [0.1, 0.15) is 12.8 Å². The van der Waals surface area contributed by atoms with Gasteiger partial charge in [0.1, 0.15) is 17.3 Å². The van der Waals surface area contributed by atoms with Gasteiger partial charge in [0.25, 0.3) is 0 Å². The Balaban J connectivity index is 1.62. The molecular formula is C16H15F2N3O2. The van der Waals surface area contributed by atoms with E-state index in [1.54, 1.807) is 17.0 Å². The van der Waals surface area contributed by atoms with E-state index in [0.717, 1.165) is 38.1 Å². The van der Waals surface area contributed by atoms with Crippen molar-refractivity contribution >= 4 is 11.8 Å². The van der Waals surface area contributed by atoms with Gasteiger partial charge in [0.15, 0.2) is 11.6 Å². The number of ether oxygens (including phenoxy) is 1. The van der Waals surface area contributed by atoms with Crippen molar-refractivity contribution in [2.24, 2.45) is 0 Å². The Hall–Kier alpha value is -2.70. The van der Waals surface area contributed by atoms with Gasteiger partial charge in [-0.25, -0.2) is 18.6 Å². The minimum Gasteiger partial charge on any atom is -0.456 e. The number of nitrogens with one attached hydrogen (secondary N) is 1. The number of halogens is 2. The van der Waals surface area contributed by atoms with Gasteiger partial charge in [-0.2, -0.15) is 0 Å². The molecule has 7 heteroatoms. The van der Waals surface area contributed by atoms with Gasteiger partial charge in [0.2, 0.25) is 0 Å². The predicted octanol–water partition coefficient (Wildman–Crippen LogP) is 3.78. The van der Waals surface area contributed by atoms with Crippen LogP contribution in [0, 0.1) is 11.6 Å². The van der Waals surface area contributed by atoms with Gasteiger partial charge in [-0.3, -0.25) is 5.32 Å². The lowest BCUT2D eigenvalue weighted by Gasteiger charge is -2.15. The molecule has 5 nitrogen and oxygen atoms in total. The van der Waals surface area contributed by atoms with Gasteiger partial charge in [-0.1, -0.05) is 0 Å². The lowest BCUT2D eigenvalue weighted by molar-refractivity contribution is 0.222. The van der Waals surface area contributed by atoms with Crippen LogP contribution in [0.4, 0.5) is 19.4 Å². The molecule has 1 aliphatic rings. The summed E-state index contributed by atoms with van der Waals surface area (Å²) >= 11 is 0. The van der Waals surface area contributed by atoms with Gasteiger partial charge < -0.3 is 9.64 Å². The van der Waals surface area contributed by atoms with Gasteiger partial charge >= 0.3 is 6.03 Å². The SMILES string of the molecule is O=C(Nc1ccc(Oc2ccc(F)c(F)c2)cn1)N1CCCC1. The summed E-state index contributed by atoms with van der Waals surface area (Å²) in [5, 5.41) is 2.70. The van der Waals surface area contributed by atoms with Crippen molar-refractivity contribution in [2.45, 2.75) is 12.8 Å². The van der Waals surface area contributed by atoms with Crippen LogP contribution < -0.4 is 10.1 Å². The highest BCUT2D eigenvalue weighted by atomic mass is 19.2. The van der Waals surface area contributed by atoms with Crippen molar-refractivity contribution in [2.75, 3.05) is 18.4 Å². The standard InChI is InChI=1S/C16H15F2N3O2/c17-13-5-3-11(9-14(13)18)23-12-4-6-15(19-10-12)20-16(22)21-7-1-2-8-21/h3-6,9-10H,1-2,7-8H2,(H,19,20,22). The zero-order valence-electron chi connectivity index (χ0n) is 12.3. The molecule has 2 amide bonds. The van der Waals surface area contributed by atoms with Crippen molar-refractivity contribution < 1.29 is 18.3 Å². The quantitative estimate of drug-likeness (QED) is 0.936. The van der Waals surface area contributed by atoms with Gasteiger partial charge in [-0.05, 0) is 37.1 Å². The molecular weight excluding hydrogens is 304 g/mol. The second-order valence-corrected chi connectivity index (χ2v) is 5.18. The highest BCUT2D eigenvalue weighted by molar-refractivity contribution is 5.88. The molecule has 0 saturated carbocycles. The summed E-state index contributed by atoms with van der Waals surface area (Å²) in [7, 11) is 0. The second kappa shape index (κ2) is 6.60. The summed E-state index contributed by atoms with van der Waals surface area (Å²) in [4.78, 5) is 17.7.